The summed E-state index contributed by atoms with van der Waals surface area (Å²) in [7, 11) is 4.96. The number of amides is 2. The lowest BCUT2D eigenvalue weighted by molar-refractivity contribution is -0.121. The molecule has 0 saturated carbocycles. The molecule has 27 heavy (non-hydrogen) atoms. The molecule has 0 saturated heterocycles. The Hall–Kier alpha value is -3.42. The van der Waals surface area contributed by atoms with Gasteiger partial charge in [-0.1, -0.05) is 23.4 Å². The van der Waals surface area contributed by atoms with Crippen LogP contribution in [0.4, 0.5) is 0 Å². The summed E-state index contributed by atoms with van der Waals surface area (Å²) in [5.41, 5.74) is 2.81. The SMILES string of the molecule is COc1ccccc1CNC(=O)CN(C)C(=O)c1ccc2c(c1)nnn2C. The first-order chi connectivity index (χ1) is 13.0. The molecule has 1 N–H and O–H groups in total. The van der Waals surface area contributed by atoms with Gasteiger partial charge in [-0.2, -0.15) is 0 Å². The molecule has 0 aliphatic rings. The monoisotopic (exact) mass is 367 g/mol. The molecule has 0 fully saturated rings. The Morgan fingerprint density at radius 2 is 2.00 bits per heavy atom. The summed E-state index contributed by atoms with van der Waals surface area (Å²) in [5.74, 6) is 0.201. The van der Waals surface area contributed by atoms with E-state index in [0.29, 0.717) is 23.4 Å². The van der Waals surface area contributed by atoms with Crippen molar-refractivity contribution in [3.63, 3.8) is 0 Å². The third-order valence-electron chi connectivity index (χ3n) is 4.25. The minimum Gasteiger partial charge on any atom is -0.496 e. The van der Waals surface area contributed by atoms with Crippen molar-refractivity contribution in [3.05, 3.63) is 53.6 Å². The van der Waals surface area contributed by atoms with Crippen LogP contribution in [0.3, 0.4) is 0 Å². The van der Waals surface area contributed by atoms with E-state index in [0.717, 1.165) is 11.1 Å². The van der Waals surface area contributed by atoms with Gasteiger partial charge in [0.1, 0.15) is 11.3 Å². The summed E-state index contributed by atoms with van der Waals surface area (Å²) in [6.07, 6.45) is 0. The van der Waals surface area contributed by atoms with E-state index in [1.807, 2.05) is 24.3 Å². The number of benzene rings is 2. The lowest BCUT2D eigenvalue weighted by atomic mass is 10.1. The number of methoxy groups -OCH3 is 1. The van der Waals surface area contributed by atoms with Gasteiger partial charge < -0.3 is 15.0 Å². The van der Waals surface area contributed by atoms with Crippen LogP contribution in [0.1, 0.15) is 15.9 Å². The fourth-order valence-electron chi connectivity index (χ4n) is 2.78. The van der Waals surface area contributed by atoms with E-state index < -0.39 is 0 Å². The number of fused-ring (bicyclic) bond motifs is 1. The molecule has 0 aliphatic heterocycles. The molecule has 8 nitrogen and oxygen atoms in total. The van der Waals surface area contributed by atoms with Gasteiger partial charge in [0.25, 0.3) is 5.91 Å². The highest BCUT2D eigenvalue weighted by Crippen LogP contribution is 2.17. The Kier molecular flexibility index (Phi) is 5.35. The molecule has 0 atom stereocenters. The van der Waals surface area contributed by atoms with Crippen LogP contribution in [-0.2, 0) is 18.4 Å². The van der Waals surface area contributed by atoms with Crippen molar-refractivity contribution in [2.24, 2.45) is 7.05 Å². The zero-order valence-corrected chi connectivity index (χ0v) is 15.5. The van der Waals surface area contributed by atoms with Gasteiger partial charge in [-0.05, 0) is 24.3 Å². The van der Waals surface area contributed by atoms with Crippen LogP contribution in [0, 0.1) is 0 Å². The van der Waals surface area contributed by atoms with Crippen molar-refractivity contribution in [1.29, 1.82) is 0 Å². The van der Waals surface area contributed by atoms with Crippen LogP contribution in [0.15, 0.2) is 42.5 Å². The molecule has 2 aromatic carbocycles. The largest absolute Gasteiger partial charge is 0.496 e. The molecule has 1 heterocycles. The van der Waals surface area contributed by atoms with Crippen molar-refractivity contribution >= 4 is 22.8 Å². The van der Waals surface area contributed by atoms with Crippen LogP contribution in [0.25, 0.3) is 11.0 Å². The Morgan fingerprint density at radius 1 is 1.22 bits per heavy atom. The topological polar surface area (TPSA) is 89.3 Å². The molecule has 3 rings (SSSR count). The molecular weight excluding hydrogens is 346 g/mol. The summed E-state index contributed by atoms with van der Waals surface area (Å²) in [5, 5.41) is 10.7. The zero-order valence-electron chi connectivity index (χ0n) is 15.5. The standard InChI is InChI=1S/C19H21N5O3/c1-23(12-18(25)20-11-14-6-4-5-7-17(14)27-3)19(26)13-8-9-16-15(10-13)21-22-24(16)2/h4-10H,11-12H2,1-3H3,(H,20,25). The van der Waals surface area contributed by atoms with Crippen molar-refractivity contribution < 1.29 is 14.3 Å². The van der Waals surface area contributed by atoms with Gasteiger partial charge in [0, 0.05) is 31.8 Å². The summed E-state index contributed by atoms with van der Waals surface area (Å²) >= 11 is 0. The maximum Gasteiger partial charge on any atom is 0.254 e. The maximum absolute atomic E-state index is 12.6. The molecule has 0 radical (unpaired) electrons. The third kappa shape index (κ3) is 4.05. The van der Waals surface area contributed by atoms with E-state index in [4.69, 9.17) is 4.74 Å². The number of hydrogen-bond acceptors (Lipinski definition) is 5. The second kappa shape index (κ2) is 7.86. The highest BCUT2D eigenvalue weighted by atomic mass is 16.5. The number of para-hydroxylation sites is 1. The predicted octanol–water partition coefficient (Wildman–Crippen LogP) is 1.37. The van der Waals surface area contributed by atoms with Gasteiger partial charge >= 0.3 is 0 Å². The van der Waals surface area contributed by atoms with Crippen molar-refractivity contribution in [2.45, 2.75) is 6.54 Å². The van der Waals surface area contributed by atoms with Crippen molar-refractivity contribution in [2.75, 3.05) is 20.7 Å². The molecule has 0 aliphatic carbocycles. The van der Waals surface area contributed by atoms with Crippen LogP contribution < -0.4 is 10.1 Å². The van der Waals surface area contributed by atoms with Gasteiger partial charge in [-0.15, -0.1) is 5.10 Å². The number of nitrogens with zero attached hydrogens (tertiary/aromatic N) is 4. The number of aromatic nitrogens is 3. The number of rotatable bonds is 6. The first kappa shape index (κ1) is 18.4. The Bertz CT molecular complexity index is 982. The van der Waals surface area contributed by atoms with Crippen molar-refractivity contribution in [1.82, 2.24) is 25.2 Å². The first-order valence-electron chi connectivity index (χ1n) is 8.43. The van der Waals surface area contributed by atoms with E-state index in [1.165, 1.54) is 4.90 Å². The molecule has 0 spiro atoms. The average Bonchev–Trinajstić information content (AvgIpc) is 3.06. The third-order valence-corrected chi connectivity index (χ3v) is 4.25. The highest BCUT2D eigenvalue weighted by molar-refractivity contribution is 5.98. The predicted molar refractivity (Wildman–Crippen MR) is 100 cm³/mol. The molecule has 2 amide bonds. The number of nitrogens with one attached hydrogen (secondary N) is 1. The van der Waals surface area contributed by atoms with E-state index in [9.17, 15) is 9.59 Å². The minimum absolute atomic E-state index is 0.0491. The maximum atomic E-state index is 12.6. The van der Waals surface area contributed by atoms with Crippen LogP contribution in [-0.4, -0.2) is 52.4 Å². The molecular formula is C19H21N5O3. The lowest BCUT2D eigenvalue weighted by Gasteiger charge is -2.17. The normalized spacial score (nSPS) is 10.6. The zero-order chi connectivity index (χ0) is 19.4. The number of hydrogen-bond donors (Lipinski definition) is 1. The fraction of sp³-hybridized carbons (Fsp3) is 0.263. The Balaban J connectivity index is 1.60. The van der Waals surface area contributed by atoms with Gasteiger partial charge in [0.2, 0.25) is 5.91 Å². The Labute approximate surface area is 156 Å². The summed E-state index contributed by atoms with van der Waals surface area (Å²) in [4.78, 5) is 26.2. The average molecular weight is 367 g/mol. The number of ether oxygens (including phenoxy) is 1. The van der Waals surface area contributed by atoms with E-state index in [2.05, 4.69) is 15.6 Å². The van der Waals surface area contributed by atoms with E-state index in [-0.39, 0.29) is 18.4 Å². The summed E-state index contributed by atoms with van der Waals surface area (Å²) in [6.45, 7) is 0.281. The quantitative estimate of drug-likeness (QED) is 0.711. The van der Waals surface area contributed by atoms with Gasteiger partial charge in [0.05, 0.1) is 19.2 Å². The fourth-order valence-corrected chi connectivity index (χ4v) is 2.78. The van der Waals surface area contributed by atoms with Crippen molar-refractivity contribution in [3.8, 4) is 5.75 Å². The summed E-state index contributed by atoms with van der Waals surface area (Å²) < 4.78 is 6.90. The molecule has 0 unspecified atom stereocenters. The lowest BCUT2D eigenvalue weighted by Crippen LogP contribution is -2.38. The van der Waals surface area contributed by atoms with E-state index in [1.54, 1.807) is 44.1 Å². The number of likely N-dealkylation sites (N-methyl/N-ethyl adjacent to an activating group) is 1. The first-order valence-corrected chi connectivity index (χ1v) is 8.43. The van der Waals surface area contributed by atoms with Crippen LogP contribution in [0.2, 0.25) is 0 Å². The van der Waals surface area contributed by atoms with E-state index >= 15 is 0 Å². The van der Waals surface area contributed by atoms with Crippen LogP contribution in [0.5, 0.6) is 5.75 Å². The second-order valence-corrected chi connectivity index (χ2v) is 6.17. The minimum atomic E-state index is -0.255. The molecule has 3 aromatic rings. The van der Waals surface area contributed by atoms with Gasteiger partial charge in [-0.3, -0.25) is 9.59 Å². The smallest absolute Gasteiger partial charge is 0.254 e. The summed E-state index contributed by atoms with van der Waals surface area (Å²) in [6, 6.07) is 12.6. The second-order valence-electron chi connectivity index (χ2n) is 6.17. The number of carbonyl (C=O) groups excluding carboxylic acids is 2. The molecule has 1 aromatic heterocycles. The highest BCUT2D eigenvalue weighted by Gasteiger charge is 2.16. The molecule has 8 heteroatoms. The van der Waals surface area contributed by atoms with Gasteiger partial charge in [-0.25, -0.2) is 4.68 Å². The number of aryl methyl sites for hydroxylation is 1. The van der Waals surface area contributed by atoms with Gasteiger partial charge in [0.15, 0.2) is 0 Å². The molecule has 140 valence electrons. The Morgan fingerprint density at radius 3 is 2.78 bits per heavy atom. The molecule has 0 bridgehead atoms. The number of carbonyl (C=O) groups is 2. The van der Waals surface area contributed by atoms with Crippen LogP contribution >= 0.6 is 0 Å².